The quantitative estimate of drug-likeness (QED) is 0.670. The van der Waals surface area contributed by atoms with Crippen molar-refractivity contribution in [3.05, 3.63) is 57.7 Å². The molecule has 0 spiro atoms. The predicted octanol–water partition coefficient (Wildman–Crippen LogP) is 4.19. The number of carbonyl (C=O) groups excluding carboxylic acids is 2. The number of benzene rings is 2. The Morgan fingerprint density at radius 1 is 1.23 bits per heavy atom. The summed E-state index contributed by atoms with van der Waals surface area (Å²) in [6.45, 7) is 1.94. The van der Waals surface area contributed by atoms with Gasteiger partial charge in [-0.1, -0.05) is 30.0 Å². The van der Waals surface area contributed by atoms with Gasteiger partial charge in [0, 0.05) is 22.7 Å². The number of nitrogens with one attached hydrogen (secondary N) is 1. The van der Waals surface area contributed by atoms with E-state index in [0.717, 1.165) is 20.5 Å². The zero-order chi connectivity index (χ0) is 18.7. The van der Waals surface area contributed by atoms with Crippen LogP contribution in [0.25, 0.3) is 0 Å². The van der Waals surface area contributed by atoms with Crippen LogP contribution >= 0.6 is 34.4 Å². The lowest BCUT2D eigenvalue weighted by Gasteiger charge is -2.10. The molecule has 1 aliphatic rings. The van der Waals surface area contributed by atoms with Crippen LogP contribution in [-0.4, -0.2) is 34.2 Å². The molecular formula is C19H18IN3O2S. The molecule has 1 aliphatic heterocycles. The lowest BCUT2D eigenvalue weighted by atomic mass is 10.2. The Morgan fingerprint density at radius 3 is 2.62 bits per heavy atom. The fourth-order valence-electron chi connectivity index (χ4n) is 2.51. The molecule has 0 aromatic heterocycles. The molecule has 0 bridgehead atoms. The van der Waals surface area contributed by atoms with E-state index in [0.29, 0.717) is 5.17 Å². The van der Waals surface area contributed by atoms with Gasteiger partial charge < -0.3 is 5.32 Å². The zero-order valence-corrected chi connectivity index (χ0v) is 17.4. The molecule has 5 nitrogen and oxygen atoms in total. The van der Waals surface area contributed by atoms with Crippen molar-refractivity contribution in [3.8, 4) is 0 Å². The van der Waals surface area contributed by atoms with Crippen LogP contribution in [0.1, 0.15) is 12.0 Å². The number of rotatable bonds is 4. The highest BCUT2D eigenvalue weighted by molar-refractivity contribution is 14.1. The first-order valence-electron chi connectivity index (χ1n) is 8.08. The number of thioether (sulfide) groups is 1. The predicted molar refractivity (Wildman–Crippen MR) is 115 cm³/mol. The first-order chi connectivity index (χ1) is 12.4. The van der Waals surface area contributed by atoms with Gasteiger partial charge in [-0.2, -0.15) is 0 Å². The molecule has 26 heavy (non-hydrogen) atoms. The van der Waals surface area contributed by atoms with Gasteiger partial charge in [-0.15, -0.1) is 0 Å². The minimum Gasteiger partial charge on any atom is -0.326 e. The van der Waals surface area contributed by atoms with Crippen LogP contribution in [-0.2, 0) is 9.59 Å². The number of nitrogens with zero attached hydrogens (tertiary/aromatic N) is 2. The molecule has 2 aromatic carbocycles. The molecule has 1 heterocycles. The highest BCUT2D eigenvalue weighted by atomic mass is 127. The highest BCUT2D eigenvalue weighted by Gasteiger charge is 2.37. The third-order valence-electron chi connectivity index (χ3n) is 3.98. The van der Waals surface area contributed by atoms with Crippen LogP contribution < -0.4 is 5.32 Å². The van der Waals surface area contributed by atoms with E-state index in [1.54, 1.807) is 7.05 Å². The Labute approximate surface area is 170 Å². The van der Waals surface area contributed by atoms with Gasteiger partial charge >= 0.3 is 0 Å². The number of amidine groups is 1. The maximum Gasteiger partial charge on any atom is 0.242 e. The second-order valence-corrected chi connectivity index (χ2v) is 8.36. The number of anilines is 1. The summed E-state index contributed by atoms with van der Waals surface area (Å²) in [7, 11) is 1.69. The molecule has 7 heteroatoms. The van der Waals surface area contributed by atoms with Crippen molar-refractivity contribution < 1.29 is 9.59 Å². The van der Waals surface area contributed by atoms with E-state index in [4.69, 9.17) is 0 Å². The smallest absolute Gasteiger partial charge is 0.242 e. The summed E-state index contributed by atoms with van der Waals surface area (Å²) in [6, 6.07) is 15.3. The minimum atomic E-state index is -0.452. The van der Waals surface area contributed by atoms with Crippen LogP contribution in [0.15, 0.2) is 53.5 Å². The van der Waals surface area contributed by atoms with E-state index >= 15 is 0 Å². The molecule has 0 saturated carbocycles. The summed E-state index contributed by atoms with van der Waals surface area (Å²) in [6.07, 6.45) is 0.119. The fraction of sp³-hybridized carbons (Fsp3) is 0.211. The molecule has 134 valence electrons. The molecule has 1 atom stereocenters. The van der Waals surface area contributed by atoms with Crippen LogP contribution in [0, 0.1) is 10.5 Å². The second kappa shape index (κ2) is 8.22. The number of aliphatic imine (C=N–C) groups is 1. The van der Waals surface area contributed by atoms with Crippen molar-refractivity contribution >= 4 is 62.7 Å². The Morgan fingerprint density at radius 2 is 1.92 bits per heavy atom. The van der Waals surface area contributed by atoms with Gasteiger partial charge in [0.15, 0.2) is 5.17 Å². The molecule has 2 aromatic rings. The first kappa shape index (κ1) is 18.9. The van der Waals surface area contributed by atoms with E-state index in [-0.39, 0.29) is 18.2 Å². The van der Waals surface area contributed by atoms with Gasteiger partial charge in [0.05, 0.1) is 5.69 Å². The number of halogens is 1. The molecule has 0 aliphatic carbocycles. The highest BCUT2D eigenvalue weighted by Crippen LogP contribution is 2.31. The van der Waals surface area contributed by atoms with Crippen molar-refractivity contribution in [2.45, 2.75) is 18.6 Å². The summed E-state index contributed by atoms with van der Waals surface area (Å²) in [5, 5.41) is 3.04. The molecule has 1 saturated heterocycles. The van der Waals surface area contributed by atoms with Crippen LogP contribution in [0.4, 0.5) is 11.4 Å². The van der Waals surface area contributed by atoms with Gasteiger partial charge in [0.1, 0.15) is 5.25 Å². The monoisotopic (exact) mass is 479 g/mol. The van der Waals surface area contributed by atoms with Gasteiger partial charge in [0.25, 0.3) is 0 Å². The summed E-state index contributed by atoms with van der Waals surface area (Å²) in [4.78, 5) is 30.9. The number of aryl methyl sites for hydroxylation is 1. The average Bonchev–Trinajstić information content (AvgIpc) is 2.87. The van der Waals surface area contributed by atoms with Gasteiger partial charge in [-0.25, -0.2) is 4.99 Å². The third kappa shape index (κ3) is 4.45. The van der Waals surface area contributed by atoms with Crippen molar-refractivity contribution in [1.29, 1.82) is 0 Å². The van der Waals surface area contributed by atoms with Crippen LogP contribution in [0.3, 0.4) is 0 Å². The summed E-state index contributed by atoms with van der Waals surface area (Å²) in [5.41, 5.74) is 2.55. The van der Waals surface area contributed by atoms with Crippen molar-refractivity contribution in [3.63, 3.8) is 0 Å². The minimum absolute atomic E-state index is 0.0980. The lowest BCUT2D eigenvalue weighted by molar-refractivity contribution is -0.127. The first-order valence-corrected chi connectivity index (χ1v) is 10.0. The Hall–Kier alpha value is -1.87. The Kier molecular flexibility index (Phi) is 5.98. The molecule has 0 unspecified atom stereocenters. The summed E-state index contributed by atoms with van der Waals surface area (Å²) >= 11 is 3.57. The normalized spacial score (nSPS) is 18.4. The largest absolute Gasteiger partial charge is 0.326 e. The van der Waals surface area contributed by atoms with Crippen LogP contribution in [0.5, 0.6) is 0 Å². The van der Waals surface area contributed by atoms with Gasteiger partial charge in [-0.05, 0) is 65.4 Å². The van der Waals surface area contributed by atoms with Crippen molar-refractivity contribution in [1.82, 2.24) is 4.90 Å². The van der Waals surface area contributed by atoms with E-state index < -0.39 is 5.25 Å². The number of hydrogen-bond donors (Lipinski definition) is 1. The van der Waals surface area contributed by atoms with Crippen LogP contribution in [0.2, 0.25) is 0 Å². The van der Waals surface area contributed by atoms with E-state index in [1.807, 2.05) is 55.5 Å². The maximum absolute atomic E-state index is 12.5. The topological polar surface area (TPSA) is 61.8 Å². The number of hydrogen-bond acceptors (Lipinski definition) is 4. The van der Waals surface area contributed by atoms with E-state index in [1.165, 1.54) is 16.7 Å². The fourth-order valence-corrected chi connectivity index (χ4v) is 4.02. The Balaban J connectivity index is 1.67. The van der Waals surface area contributed by atoms with Crippen molar-refractivity contribution in [2.24, 2.45) is 4.99 Å². The maximum atomic E-state index is 12.5. The molecule has 2 amide bonds. The number of para-hydroxylation sites is 1. The Bertz CT molecular complexity index is 867. The van der Waals surface area contributed by atoms with Crippen molar-refractivity contribution in [2.75, 3.05) is 12.4 Å². The molecule has 0 radical (unpaired) electrons. The summed E-state index contributed by atoms with van der Waals surface area (Å²) < 4.78 is 1.13. The SMILES string of the molecule is Cc1ccccc1NC(=O)C[C@@H]1SC(=Nc2ccc(I)cc2)N(C)C1=O. The van der Waals surface area contributed by atoms with E-state index in [2.05, 4.69) is 32.9 Å². The van der Waals surface area contributed by atoms with E-state index in [9.17, 15) is 9.59 Å². The third-order valence-corrected chi connectivity index (χ3v) is 5.93. The van der Waals surface area contributed by atoms with Gasteiger partial charge in [-0.3, -0.25) is 14.5 Å². The number of carbonyl (C=O) groups is 2. The second-order valence-electron chi connectivity index (χ2n) is 5.94. The van der Waals surface area contributed by atoms with Gasteiger partial charge in [0.2, 0.25) is 11.8 Å². The molecule has 1 fully saturated rings. The summed E-state index contributed by atoms with van der Waals surface area (Å²) in [5.74, 6) is -0.270. The molecular weight excluding hydrogens is 461 g/mol. The average molecular weight is 479 g/mol. The number of amides is 2. The standard InChI is InChI=1S/C19H18IN3O2S/c1-12-5-3-4-6-15(12)22-17(24)11-16-18(25)23(2)19(26-16)21-14-9-7-13(20)8-10-14/h3-10,16H,11H2,1-2H3,(H,22,24)/t16-/m0/s1. The zero-order valence-electron chi connectivity index (χ0n) is 14.4. The lowest BCUT2D eigenvalue weighted by Crippen LogP contribution is -2.30. The molecule has 1 N–H and O–H groups in total. The molecule has 3 rings (SSSR count).